The standard InChI is InChI=1S/C6H6N8/c7-13-6-2-4-3(10-14(8)11-4)1-5(6)9-12-13/h1-2H,7-8H2. The average Bonchev–Trinajstić information content (AvgIpc) is 2.66. The lowest BCUT2D eigenvalue weighted by molar-refractivity contribution is 0.720. The first-order valence-electron chi connectivity index (χ1n) is 3.87. The Morgan fingerprint density at radius 1 is 1.00 bits per heavy atom. The first-order chi connectivity index (χ1) is 6.74. The summed E-state index contributed by atoms with van der Waals surface area (Å²) in [6.45, 7) is 0. The van der Waals surface area contributed by atoms with E-state index in [9.17, 15) is 0 Å². The highest BCUT2D eigenvalue weighted by Crippen LogP contribution is 2.16. The van der Waals surface area contributed by atoms with E-state index < -0.39 is 0 Å². The van der Waals surface area contributed by atoms with Crippen LogP contribution in [-0.2, 0) is 0 Å². The van der Waals surface area contributed by atoms with Crippen LogP contribution in [0.25, 0.3) is 22.1 Å². The summed E-state index contributed by atoms with van der Waals surface area (Å²) in [7, 11) is 0. The van der Waals surface area contributed by atoms with Crippen LogP contribution in [0, 0.1) is 0 Å². The maximum absolute atomic E-state index is 5.53. The maximum atomic E-state index is 5.53. The predicted molar refractivity (Wildman–Crippen MR) is 48.9 cm³/mol. The zero-order valence-electron chi connectivity index (χ0n) is 6.99. The molecule has 0 unspecified atom stereocenters. The third kappa shape index (κ3) is 0.762. The number of nitrogen functional groups attached to an aromatic ring is 2. The molecule has 0 aliphatic heterocycles. The Kier molecular flexibility index (Phi) is 1.06. The van der Waals surface area contributed by atoms with E-state index in [1.807, 2.05) is 0 Å². The third-order valence-electron chi connectivity index (χ3n) is 1.99. The van der Waals surface area contributed by atoms with Crippen molar-refractivity contribution in [1.82, 2.24) is 30.2 Å². The molecule has 0 radical (unpaired) electrons. The van der Waals surface area contributed by atoms with Crippen molar-refractivity contribution in [2.24, 2.45) is 0 Å². The van der Waals surface area contributed by atoms with E-state index >= 15 is 0 Å². The highest BCUT2D eigenvalue weighted by molar-refractivity contribution is 5.90. The van der Waals surface area contributed by atoms with Gasteiger partial charge in [-0.05, 0) is 17.3 Å². The summed E-state index contributed by atoms with van der Waals surface area (Å²) in [4.78, 5) is 2.20. The summed E-state index contributed by atoms with van der Waals surface area (Å²) in [5.41, 5.74) is 2.69. The summed E-state index contributed by atoms with van der Waals surface area (Å²) >= 11 is 0. The molecule has 0 saturated carbocycles. The second-order valence-corrected chi connectivity index (χ2v) is 2.88. The highest BCUT2D eigenvalue weighted by Gasteiger charge is 2.07. The molecule has 2 aromatic heterocycles. The van der Waals surface area contributed by atoms with Crippen molar-refractivity contribution in [3.63, 3.8) is 0 Å². The van der Waals surface area contributed by atoms with Crippen molar-refractivity contribution in [1.29, 1.82) is 0 Å². The van der Waals surface area contributed by atoms with Crippen LogP contribution in [0.15, 0.2) is 12.1 Å². The number of fused-ring (bicyclic) bond motifs is 2. The Morgan fingerprint density at radius 3 is 2.50 bits per heavy atom. The number of aromatic nitrogens is 6. The second-order valence-electron chi connectivity index (χ2n) is 2.88. The summed E-state index contributed by atoms with van der Waals surface area (Å²) in [6, 6.07) is 3.47. The SMILES string of the molecule is Nn1nc2cc3nnn(N)c3cc2n1. The molecule has 3 rings (SSSR count). The summed E-state index contributed by atoms with van der Waals surface area (Å²) in [5.74, 6) is 10.9. The molecule has 0 bridgehead atoms. The van der Waals surface area contributed by atoms with E-state index in [-0.39, 0.29) is 0 Å². The zero-order valence-corrected chi connectivity index (χ0v) is 6.99. The molecule has 70 valence electrons. The second kappa shape index (κ2) is 2.10. The van der Waals surface area contributed by atoms with Gasteiger partial charge in [0.1, 0.15) is 22.1 Å². The van der Waals surface area contributed by atoms with Gasteiger partial charge < -0.3 is 11.7 Å². The molecule has 3 aromatic rings. The van der Waals surface area contributed by atoms with Gasteiger partial charge in [-0.1, -0.05) is 4.91 Å². The molecule has 1 aromatic carbocycles. The molecule has 0 amide bonds. The maximum Gasteiger partial charge on any atom is 0.117 e. The van der Waals surface area contributed by atoms with Crippen molar-refractivity contribution in [2.45, 2.75) is 0 Å². The molecule has 0 saturated heterocycles. The van der Waals surface area contributed by atoms with Crippen molar-refractivity contribution in [3.8, 4) is 0 Å². The van der Waals surface area contributed by atoms with E-state index in [2.05, 4.69) is 20.5 Å². The van der Waals surface area contributed by atoms with E-state index in [1.165, 1.54) is 4.79 Å². The number of nitrogens with zero attached hydrogens (tertiary/aromatic N) is 6. The van der Waals surface area contributed by atoms with Gasteiger partial charge in [-0.3, -0.25) is 0 Å². The number of rotatable bonds is 0. The van der Waals surface area contributed by atoms with Gasteiger partial charge in [-0.2, -0.15) is 4.79 Å². The lowest BCUT2D eigenvalue weighted by Gasteiger charge is -1.89. The van der Waals surface area contributed by atoms with Crippen molar-refractivity contribution in [2.75, 3.05) is 11.7 Å². The normalized spacial score (nSPS) is 11.4. The molecule has 0 aliphatic carbocycles. The van der Waals surface area contributed by atoms with Gasteiger partial charge in [0.15, 0.2) is 0 Å². The first kappa shape index (κ1) is 7.06. The van der Waals surface area contributed by atoms with Gasteiger partial charge in [0.25, 0.3) is 0 Å². The largest absolute Gasteiger partial charge is 0.321 e. The van der Waals surface area contributed by atoms with Gasteiger partial charge >= 0.3 is 0 Å². The Bertz CT molecular complexity index is 618. The van der Waals surface area contributed by atoms with Crippen LogP contribution in [0.3, 0.4) is 0 Å². The van der Waals surface area contributed by atoms with Crippen molar-refractivity contribution in [3.05, 3.63) is 12.1 Å². The van der Waals surface area contributed by atoms with Gasteiger partial charge in [-0.25, -0.2) is 0 Å². The molecule has 0 spiro atoms. The summed E-state index contributed by atoms with van der Waals surface area (Å²) in [6.07, 6.45) is 0. The van der Waals surface area contributed by atoms with E-state index in [0.717, 1.165) is 4.91 Å². The Hall–Kier alpha value is -2.38. The van der Waals surface area contributed by atoms with Crippen LogP contribution in [-0.4, -0.2) is 30.2 Å². The molecular formula is C6H6N8. The molecule has 0 aliphatic rings. The number of hydrogen-bond acceptors (Lipinski definition) is 6. The van der Waals surface area contributed by atoms with Crippen LogP contribution < -0.4 is 11.7 Å². The van der Waals surface area contributed by atoms with E-state index in [1.54, 1.807) is 12.1 Å². The lowest BCUT2D eigenvalue weighted by atomic mass is 10.3. The smallest absolute Gasteiger partial charge is 0.117 e. The molecule has 2 heterocycles. The predicted octanol–water partition coefficient (Wildman–Crippen LogP) is -1.40. The van der Waals surface area contributed by atoms with Gasteiger partial charge in [0, 0.05) is 0 Å². The van der Waals surface area contributed by atoms with Crippen LogP contribution in [0.5, 0.6) is 0 Å². The van der Waals surface area contributed by atoms with Gasteiger partial charge in [0.05, 0.1) is 0 Å². The fourth-order valence-electron chi connectivity index (χ4n) is 1.37. The minimum atomic E-state index is 0.661. The Labute approximate surface area is 77.0 Å². The minimum Gasteiger partial charge on any atom is -0.321 e. The molecule has 0 fully saturated rings. The Morgan fingerprint density at radius 2 is 1.71 bits per heavy atom. The van der Waals surface area contributed by atoms with Crippen molar-refractivity contribution >= 4 is 22.1 Å². The zero-order chi connectivity index (χ0) is 9.71. The molecule has 14 heavy (non-hydrogen) atoms. The fourth-order valence-corrected chi connectivity index (χ4v) is 1.37. The molecular weight excluding hydrogens is 184 g/mol. The highest BCUT2D eigenvalue weighted by atomic mass is 15.6. The van der Waals surface area contributed by atoms with Crippen LogP contribution >= 0.6 is 0 Å². The summed E-state index contributed by atoms with van der Waals surface area (Å²) in [5, 5.41) is 15.4. The van der Waals surface area contributed by atoms with Gasteiger partial charge in [-0.15, -0.1) is 15.3 Å². The summed E-state index contributed by atoms with van der Waals surface area (Å²) < 4.78 is 0. The quantitative estimate of drug-likeness (QED) is 0.421. The number of nitrogens with two attached hydrogens (primary N) is 2. The number of hydrogen-bond donors (Lipinski definition) is 2. The molecule has 4 N–H and O–H groups in total. The average molecular weight is 190 g/mol. The minimum absolute atomic E-state index is 0.661. The van der Waals surface area contributed by atoms with Crippen LogP contribution in [0.2, 0.25) is 0 Å². The van der Waals surface area contributed by atoms with Crippen LogP contribution in [0.1, 0.15) is 0 Å². The lowest BCUT2D eigenvalue weighted by Crippen LogP contribution is -2.11. The third-order valence-corrected chi connectivity index (χ3v) is 1.99. The number of benzene rings is 1. The van der Waals surface area contributed by atoms with Crippen molar-refractivity contribution < 1.29 is 0 Å². The molecule has 8 heteroatoms. The topological polar surface area (TPSA) is 113 Å². The monoisotopic (exact) mass is 190 g/mol. The molecule has 0 atom stereocenters. The fraction of sp³-hybridized carbons (Fsp3) is 0. The Balaban J connectivity index is 2.52. The van der Waals surface area contributed by atoms with Crippen LogP contribution in [0.4, 0.5) is 0 Å². The van der Waals surface area contributed by atoms with E-state index in [0.29, 0.717) is 22.1 Å². The van der Waals surface area contributed by atoms with E-state index in [4.69, 9.17) is 11.7 Å². The first-order valence-corrected chi connectivity index (χ1v) is 3.87. The molecule has 8 nitrogen and oxygen atoms in total. The van der Waals surface area contributed by atoms with Gasteiger partial charge in [0.2, 0.25) is 0 Å².